The van der Waals surface area contributed by atoms with Gasteiger partial charge in [0.05, 0.1) is 12.7 Å². The lowest BCUT2D eigenvalue weighted by molar-refractivity contribution is -0.141. The minimum Gasteiger partial charge on any atom is -0.467 e. The average Bonchev–Trinajstić information content (AvgIpc) is 3.32. The predicted octanol–water partition coefficient (Wildman–Crippen LogP) is 3.23. The second kappa shape index (κ2) is 6.68. The number of carbonyl (C=O) groups is 2. The molecule has 3 aromatic rings. The van der Waals surface area contributed by atoms with Crippen LogP contribution >= 0.6 is 0 Å². The zero-order chi connectivity index (χ0) is 19.0. The van der Waals surface area contributed by atoms with Crippen molar-refractivity contribution in [2.24, 2.45) is 0 Å². The van der Waals surface area contributed by atoms with Gasteiger partial charge in [0.25, 0.3) is 5.91 Å². The summed E-state index contributed by atoms with van der Waals surface area (Å²) in [6.45, 7) is 0. The monoisotopic (exact) mass is 366 g/mol. The fraction of sp³-hybridized carbons (Fsp3) is 0.150. The lowest BCUT2D eigenvalue weighted by atomic mass is 10.1. The molecule has 6 nitrogen and oxygen atoms in total. The van der Waals surface area contributed by atoms with Crippen molar-refractivity contribution < 1.29 is 23.2 Å². The van der Waals surface area contributed by atoms with Crippen molar-refractivity contribution in [1.29, 1.82) is 0 Å². The molecule has 4 rings (SSSR count). The number of rotatable bonds is 3. The van der Waals surface area contributed by atoms with Gasteiger partial charge in [-0.2, -0.15) is 0 Å². The normalized spacial score (nSPS) is 15.5. The van der Waals surface area contributed by atoms with Crippen LogP contribution in [0.1, 0.15) is 16.1 Å². The molecule has 0 aliphatic carbocycles. The Balaban J connectivity index is 1.71. The Kier molecular flexibility index (Phi) is 4.19. The van der Waals surface area contributed by atoms with Gasteiger partial charge in [-0.15, -0.1) is 0 Å². The standard InChI is InChI=1S/C20H15FN2O4/c1-26-20(25)17-10-12-6-2-5-9-16(12)23(17)19(24)15-11-18(27-22-15)13-7-3-4-8-14(13)21/h2-9,11,17H,10H2,1H3/t17-/m0/s1. The summed E-state index contributed by atoms with van der Waals surface area (Å²) >= 11 is 0. The highest BCUT2D eigenvalue weighted by molar-refractivity contribution is 6.10. The van der Waals surface area contributed by atoms with Gasteiger partial charge < -0.3 is 9.26 Å². The zero-order valence-electron chi connectivity index (χ0n) is 14.4. The number of nitrogens with zero attached hydrogens (tertiary/aromatic N) is 2. The van der Waals surface area contributed by atoms with Crippen molar-refractivity contribution in [3.63, 3.8) is 0 Å². The molecule has 1 aromatic heterocycles. The fourth-order valence-electron chi connectivity index (χ4n) is 3.25. The molecule has 0 N–H and O–H groups in total. The second-order valence-corrected chi connectivity index (χ2v) is 6.10. The summed E-state index contributed by atoms with van der Waals surface area (Å²) < 4.78 is 24.0. The van der Waals surface area contributed by atoms with E-state index in [1.807, 2.05) is 12.1 Å². The molecule has 1 amide bonds. The summed E-state index contributed by atoms with van der Waals surface area (Å²) in [6.07, 6.45) is 0.354. The van der Waals surface area contributed by atoms with Crippen LogP contribution in [0.25, 0.3) is 11.3 Å². The molecule has 0 spiro atoms. The smallest absolute Gasteiger partial charge is 0.329 e. The van der Waals surface area contributed by atoms with Gasteiger partial charge in [-0.3, -0.25) is 9.69 Å². The van der Waals surface area contributed by atoms with E-state index < -0.39 is 23.7 Å². The van der Waals surface area contributed by atoms with E-state index >= 15 is 0 Å². The number of methoxy groups -OCH3 is 1. The number of ether oxygens (including phenoxy) is 1. The van der Waals surface area contributed by atoms with Crippen LogP contribution in [-0.4, -0.2) is 30.2 Å². The van der Waals surface area contributed by atoms with Crippen molar-refractivity contribution in [3.05, 3.63) is 71.7 Å². The van der Waals surface area contributed by atoms with E-state index in [-0.39, 0.29) is 17.0 Å². The van der Waals surface area contributed by atoms with Gasteiger partial charge >= 0.3 is 5.97 Å². The Morgan fingerprint density at radius 2 is 1.93 bits per heavy atom. The molecule has 0 radical (unpaired) electrons. The molecule has 2 aromatic carbocycles. The Morgan fingerprint density at radius 1 is 1.19 bits per heavy atom. The van der Waals surface area contributed by atoms with Crippen LogP contribution in [0.4, 0.5) is 10.1 Å². The minimum atomic E-state index is -0.784. The van der Waals surface area contributed by atoms with Crippen LogP contribution in [0.3, 0.4) is 0 Å². The number of fused-ring (bicyclic) bond motifs is 1. The number of carbonyl (C=O) groups excluding carboxylic acids is 2. The predicted molar refractivity (Wildman–Crippen MR) is 94.7 cm³/mol. The van der Waals surface area contributed by atoms with Gasteiger partial charge in [-0.1, -0.05) is 35.5 Å². The van der Waals surface area contributed by atoms with Gasteiger partial charge in [0, 0.05) is 18.2 Å². The lowest BCUT2D eigenvalue weighted by Gasteiger charge is -2.22. The molecule has 0 unspecified atom stereocenters. The number of amides is 1. The third kappa shape index (κ3) is 2.87. The molecule has 0 fully saturated rings. The highest BCUT2D eigenvalue weighted by Gasteiger charge is 2.40. The Hall–Kier alpha value is -3.48. The van der Waals surface area contributed by atoms with E-state index in [9.17, 15) is 14.0 Å². The maximum atomic E-state index is 14.0. The Morgan fingerprint density at radius 3 is 2.70 bits per heavy atom. The summed E-state index contributed by atoms with van der Waals surface area (Å²) in [5.41, 5.74) is 1.67. The first-order valence-corrected chi connectivity index (χ1v) is 8.31. The van der Waals surface area contributed by atoms with E-state index in [4.69, 9.17) is 9.26 Å². The highest BCUT2D eigenvalue weighted by atomic mass is 19.1. The number of hydrogen-bond donors (Lipinski definition) is 0. The van der Waals surface area contributed by atoms with Crippen molar-refractivity contribution in [2.75, 3.05) is 12.0 Å². The van der Waals surface area contributed by atoms with Gasteiger partial charge in [0.1, 0.15) is 11.9 Å². The SMILES string of the molecule is COC(=O)[C@@H]1Cc2ccccc2N1C(=O)c1cc(-c2ccccc2F)on1. The first-order valence-electron chi connectivity index (χ1n) is 8.31. The molecule has 0 bridgehead atoms. The summed E-state index contributed by atoms with van der Waals surface area (Å²) in [4.78, 5) is 26.6. The zero-order valence-corrected chi connectivity index (χ0v) is 14.4. The third-order valence-electron chi connectivity index (χ3n) is 4.54. The van der Waals surface area contributed by atoms with Gasteiger partial charge in [0.2, 0.25) is 0 Å². The van der Waals surface area contributed by atoms with Crippen LogP contribution in [-0.2, 0) is 16.0 Å². The number of aromatic nitrogens is 1. The van der Waals surface area contributed by atoms with Crippen molar-refractivity contribution >= 4 is 17.6 Å². The number of esters is 1. The van der Waals surface area contributed by atoms with Gasteiger partial charge in [-0.25, -0.2) is 9.18 Å². The number of benzene rings is 2. The van der Waals surface area contributed by atoms with Crippen LogP contribution in [0.15, 0.2) is 59.1 Å². The number of halogens is 1. The molecule has 2 heterocycles. The minimum absolute atomic E-state index is 0.0149. The lowest BCUT2D eigenvalue weighted by Crippen LogP contribution is -2.43. The second-order valence-electron chi connectivity index (χ2n) is 6.10. The maximum Gasteiger partial charge on any atom is 0.329 e. The van der Waals surface area contributed by atoms with E-state index in [1.54, 1.807) is 24.3 Å². The third-order valence-corrected chi connectivity index (χ3v) is 4.54. The van der Waals surface area contributed by atoms with E-state index in [0.717, 1.165) is 5.56 Å². The quantitative estimate of drug-likeness (QED) is 0.666. The largest absolute Gasteiger partial charge is 0.467 e. The molecular formula is C20H15FN2O4. The van der Waals surface area contributed by atoms with Crippen molar-refractivity contribution in [3.8, 4) is 11.3 Å². The first-order chi connectivity index (χ1) is 13.1. The molecular weight excluding hydrogens is 351 g/mol. The van der Waals surface area contributed by atoms with Crippen LogP contribution in [0, 0.1) is 5.82 Å². The fourth-order valence-corrected chi connectivity index (χ4v) is 3.25. The number of anilines is 1. The number of para-hydroxylation sites is 1. The molecule has 0 saturated carbocycles. The Bertz CT molecular complexity index is 1030. The van der Waals surface area contributed by atoms with Crippen molar-refractivity contribution in [2.45, 2.75) is 12.5 Å². The average molecular weight is 366 g/mol. The van der Waals surface area contributed by atoms with Crippen LogP contribution < -0.4 is 4.90 Å². The van der Waals surface area contributed by atoms with Gasteiger partial charge in [0.15, 0.2) is 11.5 Å². The first kappa shape index (κ1) is 17.0. The Labute approximate surface area is 154 Å². The molecule has 7 heteroatoms. The van der Waals surface area contributed by atoms with Gasteiger partial charge in [-0.05, 0) is 23.8 Å². The maximum absolute atomic E-state index is 14.0. The molecule has 1 aliphatic heterocycles. The summed E-state index contributed by atoms with van der Waals surface area (Å²) in [5, 5.41) is 3.79. The van der Waals surface area contributed by atoms with E-state index in [2.05, 4.69) is 5.16 Å². The summed E-state index contributed by atoms with van der Waals surface area (Å²) in [6, 6.07) is 13.9. The molecule has 136 valence electrons. The summed E-state index contributed by atoms with van der Waals surface area (Å²) in [7, 11) is 1.28. The number of hydrogen-bond acceptors (Lipinski definition) is 5. The van der Waals surface area contributed by atoms with Crippen molar-refractivity contribution in [1.82, 2.24) is 5.16 Å². The van der Waals surface area contributed by atoms with E-state index in [0.29, 0.717) is 12.1 Å². The molecule has 1 aliphatic rings. The molecule has 0 saturated heterocycles. The van der Waals surface area contributed by atoms with Crippen LogP contribution in [0.5, 0.6) is 0 Å². The summed E-state index contributed by atoms with van der Waals surface area (Å²) in [5.74, 6) is -1.37. The highest BCUT2D eigenvalue weighted by Crippen LogP contribution is 2.34. The van der Waals surface area contributed by atoms with E-state index in [1.165, 1.54) is 30.2 Å². The molecule has 27 heavy (non-hydrogen) atoms. The molecule has 1 atom stereocenters. The van der Waals surface area contributed by atoms with Crippen LogP contribution in [0.2, 0.25) is 0 Å². The topological polar surface area (TPSA) is 72.6 Å².